The zero-order valence-corrected chi connectivity index (χ0v) is 10.3. The van der Waals surface area contributed by atoms with Crippen LogP contribution in [0.2, 0.25) is 10.0 Å². The first-order valence-corrected chi connectivity index (χ1v) is 2.96. The topological polar surface area (TPSA) is 0 Å². The Morgan fingerprint density at radius 1 is 0.900 bits per heavy atom. The standard InChI is InChI=1S/C6H4Cl2.CH3.Zn/c7-5-3-1-2-4-6(5)8;;/h1-4H;1H3;/q;-1;. The average molecular weight is 227 g/mol. The van der Waals surface area contributed by atoms with Crippen LogP contribution >= 0.6 is 23.2 Å². The fourth-order valence-corrected chi connectivity index (χ4v) is 0.711. The summed E-state index contributed by atoms with van der Waals surface area (Å²) >= 11 is 11.2. The SMILES string of the molecule is Clc1ccccc1Cl.[CH3-].[Zn]. The minimum atomic E-state index is 0. The van der Waals surface area contributed by atoms with Crippen LogP contribution in [0.4, 0.5) is 0 Å². The zero-order valence-electron chi connectivity index (χ0n) is 5.77. The summed E-state index contributed by atoms with van der Waals surface area (Å²) in [6.07, 6.45) is 0. The Bertz CT molecular complexity index is 168. The van der Waals surface area contributed by atoms with Gasteiger partial charge in [0.25, 0.3) is 0 Å². The Balaban J connectivity index is 0. The maximum atomic E-state index is 5.58. The van der Waals surface area contributed by atoms with Crippen molar-refractivity contribution in [3.63, 3.8) is 0 Å². The monoisotopic (exact) mass is 225 g/mol. The van der Waals surface area contributed by atoms with E-state index in [4.69, 9.17) is 23.2 Å². The smallest absolute Gasteiger partial charge is 0.0592 e. The Morgan fingerprint density at radius 2 is 1.20 bits per heavy atom. The van der Waals surface area contributed by atoms with Crippen molar-refractivity contribution in [2.24, 2.45) is 0 Å². The third-order valence-electron chi connectivity index (χ3n) is 0.824. The molecule has 52 valence electrons. The van der Waals surface area contributed by atoms with Crippen LogP contribution in [0.15, 0.2) is 24.3 Å². The number of hydrogen-bond donors (Lipinski definition) is 0. The quantitative estimate of drug-likeness (QED) is 0.470. The summed E-state index contributed by atoms with van der Waals surface area (Å²) in [6.45, 7) is 0. The molecular weight excluding hydrogens is 220 g/mol. The van der Waals surface area contributed by atoms with E-state index in [1.807, 2.05) is 12.1 Å². The molecule has 0 nitrogen and oxygen atoms in total. The normalized spacial score (nSPS) is 7.40. The van der Waals surface area contributed by atoms with Crippen LogP contribution in [0.5, 0.6) is 0 Å². The Labute approximate surface area is 84.3 Å². The second-order valence-electron chi connectivity index (χ2n) is 1.41. The van der Waals surface area contributed by atoms with Gasteiger partial charge < -0.3 is 7.43 Å². The van der Waals surface area contributed by atoms with Gasteiger partial charge in [-0.3, -0.25) is 0 Å². The molecular formula is C7H7Cl2Zn-. The van der Waals surface area contributed by atoms with E-state index in [0.717, 1.165) is 0 Å². The molecule has 0 fully saturated rings. The molecule has 0 atom stereocenters. The second-order valence-corrected chi connectivity index (χ2v) is 2.23. The molecule has 0 saturated carbocycles. The summed E-state index contributed by atoms with van der Waals surface area (Å²) in [6, 6.07) is 7.19. The van der Waals surface area contributed by atoms with Crippen molar-refractivity contribution < 1.29 is 19.5 Å². The van der Waals surface area contributed by atoms with Gasteiger partial charge in [-0.1, -0.05) is 35.3 Å². The van der Waals surface area contributed by atoms with Crippen LogP contribution in [-0.4, -0.2) is 0 Å². The van der Waals surface area contributed by atoms with Gasteiger partial charge in [0.15, 0.2) is 0 Å². The molecule has 0 unspecified atom stereocenters. The van der Waals surface area contributed by atoms with Crippen LogP contribution in [0.25, 0.3) is 0 Å². The minimum absolute atomic E-state index is 0. The number of hydrogen-bond acceptors (Lipinski definition) is 0. The van der Waals surface area contributed by atoms with Gasteiger partial charge in [0.2, 0.25) is 0 Å². The van der Waals surface area contributed by atoms with Gasteiger partial charge in [-0.15, -0.1) is 0 Å². The fraction of sp³-hybridized carbons (Fsp3) is 0. The predicted octanol–water partition coefficient (Wildman–Crippen LogP) is 3.44. The first-order valence-electron chi connectivity index (χ1n) is 2.21. The summed E-state index contributed by atoms with van der Waals surface area (Å²) in [5, 5.41) is 1.21. The van der Waals surface area contributed by atoms with Crippen LogP contribution < -0.4 is 0 Å². The van der Waals surface area contributed by atoms with Crippen molar-refractivity contribution in [2.75, 3.05) is 0 Å². The molecule has 10 heavy (non-hydrogen) atoms. The third kappa shape index (κ3) is 3.56. The molecule has 0 heterocycles. The van der Waals surface area contributed by atoms with Gasteiger partial charge in [0, 0.05) is 19.5 Å². The van der Waals surface area contributed by atoms with Gasteiger partial charge >= 0.3 is 0 Å². The van der Waals surface area contributed by atoms with E-state index in [1.165, 1.54) is 0 Å². The van der Waals surface area contributed by atoms with Crippen LogP contribution in [0.3, 0.4) is 0 Å². The fourth-order valence-electron chi connectivity index (χ4n) is 0.439. The van der Waals surface area contributed by atoms with E-state index in [9.17, 15) is 0 Å². The summed E-state index contributed by atoms with van der Waals surface area (Å²) in [4.78, 5) is 0. The summed E-state index contributed by atoms with van der Waals surface area (Å²) in [5.74, 6) is 0. The third-order valence-corrected chi connectivity index (χ3v) is 1.58. The second kappa shape index (κ2) is 6.15. The van der Waals surface area contributed by atoms with Crippen molar-refractivity contribution in [3.05, 3.63) is 41.7 Å². The van der Waals surface area contributed by atoms with E-state index in [2.05, 4.69) is 0 Å². The molecule has 0 aromatic heterocycles. The largest absolute Gasteiger partial charge is 0.358 e. The predicted molar refractivity (Wildman–Crippen MR) is 42.9 cm³/mol. The molecule has 1 aromatic rings. The maximum Gasteiger partial charge on any atom is 0.0592 e. The number of rotatable bonds is 0. The molecule has 0 aliphatic heterocycles. The molecule has 0 aliphatic carbocycles. The first kappa shape index (κ1) is 13.0. The van der Waals surface area contributed by atoms with Crippen LogP contribution in [0, 0.1) is 7.43 Å². The van der Waals surface area contributed by atoms with E-state index in [1.54, 1.807) is 12.1 Å². The maximum absolute atomic E-state index is 5.58. The molecule has 0 N–H and O–H groups in total. The number of halogens is 2. The van der Waals surface area contributed by atoms with Crippen molar-refractivity contribution in [1.82, 2.24) is 0 Å². The van der Waals surface area contributed by atoms with Crippen LogP contribution in [0.1, 0.15) is 0 Å². The van der Waals surface area contributed by atoms with Crippen LogP contribution in [-0.2, 0) is 19.5 Å². The molecule has 0 saturated heterocycles. The van der Waals surface area contributed by atoms with Crippen molar-refractivity contribution in [1.29, 1.82) is 0 Å². The van der Waals surface area contributed by atoms with Gasteiger partial charge in [0.1, 0.15) is 0 Å². The Morgan fingerprint density at radius 3 is 1.40 bits per heavy atom. The molecule has 0 spiro atoms. The molecule has 0 aliphatic rings. The minimum Gasteiger partial charge on any atom is -0.358 e. The van der Waals surface area contributed by atoms with E-state index in [0.29, 0.717) is 10.0 Å². The average Bonchev–Trinajstić information content (AvgIpc) is 1.77. The van der Waals surface area contributed by atoms with Gasteiger partial charge in [-0.25, -0.2) is 0 Å². The molecule has 1 rings (SSSR count). The van der Waals surface area contributed by atoms with Gasteiger partial charge in [-0.05, 0) is 12.1 Å². The van der Waals surface area contributed by atoms with Gasteiger partial charge in [0.05, 0.1) is 10.0 Å². The van der Waals surface area contributed by atoms with Crippen molar-refractivity contribution in [2.45, 2.75) is 0 Å². The van der Waals surface area contributed by atoms with E-state index >= 15 is 0 Å². The van der Waals surface area contributed by atoms with E-state index < -0.39 is 0 Å². The summed E-state index contributed by atoms with van der Waals surface area (Å²) in [5.41, 5.74) is 0. The summed E-state index contributed by atoms with van der Waals surface area (Å²) < 4.78 is 0. The first-order chi connectivity index (χ1) is 3.80. The molecule has 0 radical (unpaired) electrons. The van der Waals surface area contributed by atoms with Crippen molar-refractivity contribution in [3.8, 4) is 0 Å². The molecule has 0 bridgehead atoms. The van der Waals surface area contributed by atoms with E-state index in [-0.39, 0.29) is 26.9 Å². The number of benzene rings is 1. The zero-order chi connectivity index (χ0) is 5.98. The van der Waals surface area contributed by atoms with Crippen molar-refractivity contribution >= 4 is 23.2 Å². The molecule has 3 heteroatoms. The summed E-state index contributed by atoms with van der Waals surface area (Å²) in [7, 11) is 0. The molecule has 0 amide bonds. The Kier molecular flexibility index (Phi) is 8.03. The molecule has 1 aromatic carbocycles. The van der Waals surface area contributed by atoms with Gasteiger partial charge in [-0.2, -0.15) is 0 Å². The Hall–Kier alpha value is 0.423.